The summed E-state index contributed by atoms with van der Waals surface area (Å²) >= 11 is 8.19. The number of benzene rings is 3. The third-order valence-corrected chi connectivity index (χ3v) is 6.30. The first-order valence-corrected chi connectivity index (χ1v) is 12.8. The lowest BCUT2D eigenvalue weighted by Crippen LogP contribution is -2.20. The molecule has 2 amide bonds. The van der Waals surface area contributed by atoms with Crippen LogP contribution in [0.2, 0.25) is 5.02 Å². The van der Waals surface area contributed by atoms with E-state index in [2.05, 4.69) is 33.2 Å². The molecule has 37 heavy (non-hydrogen) atoms. The van der Waals surface area contributed by atoms with Gasteiger partial charge in [0.15, 0.2) is 18.1 Å². The zero-order valence-corrected chi connectivity index (χ0v) is 23.4. The van der Waals surface area contributed by atoms with Crippen LogP contribution in [0.4, 0.5) is 11.4 Å². The highest BCUT2D eigenvalue weighted by atomic mass is 127. The number of aryl methyl sites for hydroxylation is 2. The molecule has 0 unspecified atom stereocenters. The topological polar surface area (TPSA) is 100 Å². The van der Waals surface area contributed by atoms with Crippen molar-refractivity contribution in [3.05, 3.63) is 85.5 Å². The molecule has 3 rings (SSSR count). The summed E-state index contributed by atoms with van der Waals surface area (Å²) in [6.45, 7) is 5.72. The Bertz CT molecular complexity index is 1400. The van der Waals surface area contributed by atoms with E-state index in [1.165, 1.54) is 6.08 Å². The predicted octanol–water partition coefficient (Wildman–Crippen LogP) is 6.52. The minimum atomic E-state index is -0.519. The van der Waals surface area contributed by atoms with Crippen LogP contribution in [0.3, 0.4) is 0 Å². The second kappa shape index (κ2) is 13.1. The molecule has 0 radical (unpaired) electrons. The van der Waals surface area contributed by atoms with Gasteiger partial charge in [0.1, 0.15) is 11.6 Å². The van der Waals surface area contributed by atoms with E-state index in [0.29, 0.717) is 43.6 Å². The maximum absolute atomic E-state index is 12.7. The summed E-state index contributed by atoms with van der Waals surface area (Å²) < 4.78 is 12.2. The van der Waals surface area contributed by atoms with Crippen molar-refractivity contribution in [1.82, 2.24) is 0 Å². The van der Waals surface area contributed by atoms with Gasteiger partial charge in [-0.15, -0.1) is 0 Å². The van der Waals surface area contributed by atoms with Crippen molar-refractivity contribution < 1.29 is 19.1 Å². The zero-order valence-electron chi connectivity index (χ0n) is 20.5. The molecule has 3 aromatic rings. The summed E-state index contributed by atoms with van der Waals surface area (Å²) in [5.41, 5.74) is 3.58. The average molecular weight is 630 g/mol. The van der Waals surface area contributed by atoms with Crippen LogP contribution in [-0.2, 0) is 9.59 Å². The molecule has 0 atom stereocenters. The molecule has 2 N–H and O–H groups in total. The quantitative estimate of drug-likeness (QED) is 0.159. The second-order valence-electron chi connectivity index (χ2n) is 8.06. The van der Waals surface area contributed by atoms with E-state index < -0.39 is 5.91 Å². The Morgan fingerprint density at radius 1 is 1.05 bits per heavy atom. The predicted molar refractivity (Wildman–Crippen MR) is 154 cm³/mol. The minimum absolute atomic E-state index is 0.0652. The third kappa shape index (κ3) is 7.97. The lowest BCUT2D eigenvalue weighted by molar-refractivity contribution is -0.118. The maximum atomic E-state index is 12.7. The van der Waals surface area contributed by atoms with Gasteiger partial charge < -0.3 is 20.1 Å². The number of ether oxygens (including phenoxy) is 2. The summed E-state index contributed by atoms with van der Waals surface area (Å²) in [6, 6.07) is 17.9. The standard InChI is InChI=1S/C28H25ClIN3O4/c1-4-36-25-13-19(11-20(15-31)28(35)33-21-7-5-6-17(2)10-21)12-24(30)27(25)37-16-26(34)32-22-9-8-18(3)23(29)14-22/h5-14H,4,16H2,1-3H3,(H,32,34)(H,33,35)/b20-11+. The Morgan fingerprint density at radius 3 is 2.49 bits per heavy atom. The van der Waals surface area contributed by atoms with Crippen molar-refractivity contribution in [2.24, 2.45) is 0 Å². The lowest BCUT2D eigenvalue weighted by Gasteiger charge is -2.15. The molecule has 0 fully saturated rings. The summed E-state index contributed by atoms with van der Waals surface area (Å²) in [5.74, 6) is -0.0985. The van der Waals surface area contributed by atoms with Crippen LogP contribution in [0.25, 0.3) is 6.08 Å². The number of rotatable bonds is 9. The SMILES string of the molecule is CCOc1cc(/C=C(\C#N)C(=O)Nc2cccc(C)c2)cc(I)c1OCC(=O)Nc1ccc(C)c(Cl)c1. The van der Waals surface area contributed by atoms with E-state index in [1.54, 1.807) is 30.3 Å². The number of nitrogens with one attached hydrogen (secondary N) is 2. The third-order valence-electron chi connectivity index (χ3n) is 5.09. The number of amides is 2. The molecule has 0 heterocycles. The number of anilines is 2. The molecular weight excluding hydrogens is 605 g/mol. The molecule has 0 saturated carbocycles. The summed E-state index contributed by atoms with van der Waals surface area (Å²) in [7, 11) is 0. The molecule has 0 saturated heterocycles. The van der Waals surface area contributed by atoms with E-state index in [1.807, 2.05) is 51.1 Å². The normalized spacial score (nSPS) is 10.9. The molecule has 0 aliphatic carbocycles. The number of halogens is 2. The molecule has 0 bridgehead atoms. The number of carbonyl (C=O) groups is 2. The van der Waals surface area contributed by atoms with Crippen LogP contribution in [-0.4, -0.2) is 25.0 Å². The monoisotopic (exact) mass is 629 g/mol. The fourth-order valence-corrected chi connectivity index (χ4v) is 4.28. The Kier molecular flexibility index (Phi) is 9.94. The number of hydrogen-bond donors (Lipinski definition) is 2. The van der Waals surface area contributed by atoms with Gasteiger partial charge in [-0.25, -0.2) is 0 Å². The van der Waals surface area contributed by atoms with Gasteiger partial charge in [0.05, 0.1) is 10.2 Å². The van der Waals surface area contributed by atoms with Gasteiger partial charge in [-0.05, 0) is 103 Å². The Morgan fingerprint density at radius 2 is 1.81 bits per heavy atom. The minimum Gasteiger partial charge on any atom is -0.490 e. The summed E-state index contributed by atoms with van der Waals surface area (Å²) in [4.78, 5) is 25.1. The molecule has 7 nitrogen and oxygen atoms in total. The lowest BCUT2D eigenvalue weighted by atomic mass is 10.1. The smallest absolute Gasteiger partial charge is 0.266 e. The van der Waals surface area contributed by atoms with Crippen LogP contribution >= 0.6 is 34.2 Å². The van der Waals surface area contributed by atoms with Gasteiger partial charge in [0, 0.05) is 16.4 Å². The van der Waals surface area contributed by atoms with Gasteiger partial charge in [-0.1, -0.05) is 29.8 Å². The number of carbonyl (C=O) groups excluding carboxylic acids is 2. The van der Waals surface area contributed by atoms with Crippen molar-refractivity contribution in [3.8, 4) is 17.6 Å². The Balaban J connectivity index is 1.77. The maximum Gasteiger partial charge on any atom is 0.266 e. The van der Waals surface area contributed by atoms with Gasteiger partial charge in [0.25, 0.3) is 11.8 Å². The van der Waals surface area contributed by atoms with Crippen LogP contribution in [0.15, 0.2) is 60.2 Å². The van der Waals surface area contributed by atoms with Gasteiger partial charge >= 0.3 is 0 Å². The molecule has 0 aliphatic rings. The van der Waals surface area contributed by atoms with E-state index >= 15 is 0 Å². The molecule has 0 spiro atoms. The van der Waals surface area contributed by atoms with Gasteiger partial charge in [-0.2, -0.15) is 5.26 Å². The van der Waals surface area contributed by atoms with Crippen molar-refractivity contribution in [2.75, 3.05) is 23.8 Å². The van der Waals surface area contributed by atoms with E-state index in [9.17, 15) is 14.9 Å². The van der Waals surface area contributed by atoms with Crippen molar-refractivity contribution in [2.45, 2.75) is 20.8 Å². The number of nitriles is 1. The second-order valence-corrected chi connectivity index (χ2v) is 9.63. The van der Waals surface area contributed by atoms with Crippen molar-refractivity contribution in [3.63, 3.8) is 0 Å². The highest BCUT2D eigenvalue weighted by Gasteiger charge is 2.16. The van der Waals surface area contributed by atoms with E-state index in [4.69, 9.17) is 21.1 Å². The molecule has 190 valence electrons. The summed E-state index contributed by atoms with van der Waals surface area (Å²) in [6.07, 6.45) is 1.48. The Hall–Kier alpha value is -3.55. The molecule has 0 aliphatic heterocycles. The van der Waals surface area contributed by atoms with Crippen molar-refractivity contribution >= 4 is 63.5 Å². The first-order chi connectivity index (χ1) is 17.7. The first kappa shape index (κ1) is 28.0. The van der Waals surface area contributed by atoms with Crippen molar-refractivity contribution in [1.29, 1.82) is 5.26 Å². The van der Waals surface area contributed by atoms with Crippen LogP contribution in [0.1, 0.15) is 23.6 Å². The molecule has 0 aromatic heterocycles. The first-order valence-electron chi connectivity index (χ1n) is 11.3. The van der Waals surface area contributed by atoms with Crippen LogP contribution < -0.4 is 20.1 Å². The van der Waals surface area contributed by atoms with Gasteiger partial charge in [-0.3, -0.25) is 9.59 Å². The summed E-state index contributed by atoms with van der Waals surface area (Å²) in [5, 5.41) is 15.6. The van der Waals surface area contributed by atoms with Crippen LogP contribution in [0.5, 0.6) is 11.5 Å². The largest absolute Gasteiger partial charge is 0.490 e. The average Bonchev–Trinajstić information content (AvgIpc) is 2.84. The zero-order chi connectivity index (χ0) is 26.9. The molecule has 9 heteroatoms. The number of nitrogens with zero attached hydrogens (tertiary/aromatic N) is 1. The van der Waals surface area contributed by atoms with E-state index in [-0.39, 0.29) is 18.1 Å². The van der Waals surface area contributed by atoms with E-state index in [0.717, 1.165) is 11.1 Å². The van der Waals surface area contributed by atoms with Crippen LogP contribution in [0, 0.1) is 28.7 Å². The number of hydrogen-bond acceptors (Lipinski definition) is 5. The molecular formula is C28H25ClIN3O4. The molecule has 3 aromatic carbocycles. The Labute approximate surface area is 234 Å². The fourth-order valence-electron chi connectivity index (χ4n) is 3.32. The highest BCUT2D eigenvalue weighted by molar-refractivity contribution is 14.1. The fraction of sp³-hybridized carbons (Fsp3) is 0.179. The highest BCUT2D eigenvalue weighted by Crippen LogP contribution is 2.35. The van der Waals surface area contributed by atoms with Gasteiger partial charge in [0.2, 0.25) is 0 Å².